The maximum atomic E-state index is 10.6. The van der Waals surface area contributed by atoms with Crippen molar-refractivity contribution in [3.63, 3.8) is 0 Å². The van der Waals surface area contributed by atoms with Crippen LogP contribution in [0.25, 0.3) is 10.9 Å². The van der Waals surface area contributed by atoms with Crippen LogP contribution in [0.5, 0.6) is 0 Å². The fourth-order valence-corrected chi connectivity index (χ4v) is 1.78. The Bertz CT molecular complexity index is 595. The second kappa shape index (κ2) is 4.66. The predicted octanol–water partition coefficient (Wildman–Crippen LogP) is 2.92. The zero-order valence-electron chi connectivity index (χ0n) is 9.14. The molecule has 0 spiro atoms. The largest absolute Gasteiger partial charge is 0.358 e. The topological polar surface area (TPSA) is 82.7 Å². The highest BCUT2D eigenvalue weighted by molar-refractivity contribution is 5.82. The van der Waals surface area contributed by atoms with Gasteiger partial charge in [-0.3, -0.25) is 10.1 Å². The number of unbranched alkanes of at least 4 members (excludes halogenated alkanes) is 1. The van der Waals surface area contributed by atoms with Gasteiger partial charge in [0.15, 0.2) is 0 Å². The minimum Gasteiger partial charge on any atom is -0.358 e. The normalized spacial score (nSPS) is 10.3. The van der Waals surface area contributed by atoms with E-state index in [1.165, 1.54) is 12.1 Å². The number of aromatic nitrogens is 1. The molecule has 0 unspecified atom stereocenters. The minimum absolute atomic E-state index is 0.0860. The van der Waals surface area contributed by atoms with Crippen molar-refractivity contribution in [2.45, 2.75) is 19.3 Å². The van der Waals surface area contributed by atoms with Crippen molar-refractivity contribution in [2.24, 2.45) is 0 Å². The summed E-state index contributed by atoms with van der Waals surface area (Å²) in [5.41, 5.74) is 1.87. The molecule has 86 valence electrons. The molecule has 0 saturated carbocycles. The summed E-state index contributed by atoms with van der Waals surface area (Å²) in [5.74, 6) is 0. The van der Waals surface area contributed by atoms with E-state index in [1.807, 2.05) is 6.07 Å². The number of nitriles is 1. The maximum absolute atomic E-state index is 10.6. The Kier molecular flexibility index (Phi) is 3.06. The van der Waals surface area contributed by atoms with Crippen molar-refractivity contribution in [2.75, 3.05) is 0 Å². The van der Waals surface area contributed by atoms with E-state index in [2.05, 4.69) is 11.1 Å². The number of aryl methyl sites for hydroxylation is 1. The molecule has 1 N–H and O–H groups in total. The zero-order chi connectivity index (χ0) is 12.3. The summed E-state index contributed by atoms with van der Waals surface area (Å²) in [5, 5.41) is 20.0. The van der Waals surface area contributed by atoms with E-state index in [-0.39, 0.29) is 5.69 Å². The van der Waals surface area contributed by atoms with Gasteiger partial charge in [0.05, 0.1) is 16.5 Å². The molecule has 17 heavy (non-hydrogen) atoms. The van der Waals surface area contributed by atoms with Gasteiger partial charge in [0.1, 0.15) is 0 Å². The van der Waals surface area contributed by atoms with Crippen LogP contribution < -0.4 is 0 Å². The summed E-state index contributed by atoms with van der Waals surface area (Å²) < 4.78 is 0. The molecule has 5 nitrogen and oxygen atoms in total. The molecule has 0 atom stereocenters. The van der Waals surface area contributed by atoms with Crippen LogP contribution >= 0.6 is 0 Å². The van der Waals surface area contributed by atoms with Gasteiger partial charge in [0.25, 0.3) is 5.69 Å². The monoisotopic (exact) mass is 229 g/mol. The van der Waals surface area contributed by atoms with Crippen LogP contribution in [0.3, 0.4) is 0 Å². The molecule has 1 heterocycles. The fraction of sp³-hybridized carbons (Fsp3) is 0.250. The molecular formula is C12H11N3O2. The van der Waals surface area contributed by atoms with Crippen LogP contribution in [0, 0.1) is 21.4 Å². The van der Waals surface area contributed by atoms with Crippen LogP contribution in [-0.2, 0) is 6.42 Å². The van der Waals surface area contributed by atoms with Gasteiger partial charge in [-0.2, -0.15) is 5.26 Å². The number of nitro benzene ring substituents is 1. The van der Waals surface area contributed by atoms with Crippen LogP contribution in [0.15, 0.2) is 24.3 Å². The van der Waals surface area contributed by atoms with Crippen molar-refractivity contribution in [3.8, 4) is 6.07 Å². The van der Waals surface area contributed by atoms with Gasteiger partial charge in [-0.25, -0.2) is 0 Å². The minimum atomic E-state index is -0.407. The third-order valence-electron chi connectivity index (χ3n) is 2.61. The molecule has 0 radical (unpaired) electrons. The van der Waals surface area contributed by atoms with Gasteiger partial charge in [-0.05, 0) is 25.0 Å². The number of hydrogen-bond acceptors (Lipinski definition) is 3. The molecule has 5 heteroatoms. The zero-order valence-corrected chi connectivity index (χ0v) is 9.14. The Morgan fingerprint density at radius 1 is 1.41 bits per heavy atom. The lowest BCUT2D eigenvalue weighted by atomic mass is 10.2. The second-order valence-electron chi connectivity index (χ2n) is 3.83. The van der Waals surface area contributed by atoms with E-state index in [0.29, 0.717) is 6.42 Å². The summed E-state index contributed by atoms with van der Waals surface area (Å²) in [6.07, 6.45) is 2.11. The molecule has 0 saturated heterocycles. The highest BCUT2D eigenvalue weighted by Crippen LogP contribution is 2.21. The van der Waals surface area contributed by atoms with Gasteiger partial charge >= 0.3 is 0 Å². The first-order valence-electron chi connectivity index (χ1n) is 5.33. The molecule has 0 aliphatic carbocycles. The average molecular weight is 229 g/mol. The Labute approximate surface area is 97.8 Å². The van der Waals surface area contributed by atoms with Gasteiger partial charge in [0.2, 0.25) is 0 Å². The summed E-state index contributed by atoms with van der Waals surface area (Å²) >= 11 is 0. The van der Waals surface area contributed by atoms with Crippen LogP contribution in [0.1, 0.15) is 18.5 Å². The van der Waals surface area contributed by atoms with E-state index in [4.69, 9.17) is 5.26 Å². The van der Waals surface area contributed by atoms with E-state index >= 15 is 0 Å². The third kappa shape index (κ3) is 2.42. The number of nitro groups is 1. The van der Waals surface area contributed by atoms with Crippen molar-refractivity contribution >= 4 is 16.6 Å². The molecule has 1 aromatic heterocycles. The van der Waals surface area contributed by atoms with Gasteiger partial charge in [0, 0.05) is 29.6 Å². The summed E-state index contributed by atoms with van der Waals surface area (Å²) in [4.78, 5) is 13.3. The smallest absolute Gasteiger partial charge is 0.271 e. The lowest BCUT2D eigenvalue weighted by Gasteiger charge is -1.92. The number of rotatable bonds is 4. The Morgan fingerprint density at radius 2 is 2.24 bits per heavy atom. The fourth-order valence-electron chi connectivity index (χ4n) is 1.78. The number of H-pyrrole nitrogens is 1. The molecule has 2 aromatic rings. The first-order valence-corrected chi connectivity index (χ1v) is 5.33. The second-order valence-corrected chi connectivity index (χ2v) is 3.83. The first kappa shape index (κ1) is 11.1. The average Bonchev–Trinajstić information content (AvgIpc) is 2.70. The maximum Gasteiger partial charge on any atom is 0.271 e. The van der Waals surface area contributed by atoms with Gasteiger partial charge < -0.3 is 4.98 Å². The molecule has 0 aliphatic rings. The number of nitrogens with zero attached hydrogens (tertiary/aromatic N) is 2. The van der Waals surface area contributed by atoms with E-state index in [1.54, 1.807) is 6.07 Å². The highest BCUT2D eigenvalue weighted by Gasteiger charge is 2.08. The quantitative estimate of drug-likeness (QED) is 0.497. The number of non-ortho nitro benzene ring substituents is 1. The van der Waals surface area contributed by atoms with Gasteiger partial charge in [-0.15, -0.1) is 0 Å². The number of aromatic amines is 1. The summed E-state index contributed by atoms with van der Waals surface area (Å²) in [6, 6.07) is 8.82. The first-order chi connectivity index (χ1) is 8.20. The number of fused-ring (bicyclic) bond motifs is 1. The molecule has 1 aromatic carbocycles. The molecular weight excluding hydrogens is 218 g/mol. The lowest BCUT2D eigenvalue weighted by Crippen LogP contribution is -1.86. The molecule has 0 bridgehead atoms. The lowest BCUT2D eigenvalue weighted by molar-refractivity contribution is -0.384. The van der Waals surface area contributed by atoms with Crippen molar-refractivity contribution < 1.29 is 4.92 Å². The molecule has 0 amide bonds. The van der Waals surface area contributed by atoms with Gasteiger partial charge in [-0.1, -0.05) is 0 Å². The van der Waals surface area contributed by atoms with Crippen LogP contribution in [0.2, 0.25) is 0 Å². The van der Waals surface area contributed by atoms with E-state index in [9.17, 15) is 10.1 Å². The summed E-state index contributed by atoms with van der Waals surface area (Å²) in [6.45, 7) is 0. The van der Waals surface area contributed by atoms with Crippen molar-refractivity contribution in [1.29, 1.82) is 5.26 Å². The molecule has 2 rings (SSSR count). The third-order valence-corrected chi connectivity index (χ3v) is 2.61. The Hall–Kier alpha value is -2.35. The molecule has 0 fully saturated rings. The van der Waals surface area contributed by atoms with Crippen molar-refractivity contribution in [1.82, 2.24) is 4.98 Å². The standard InChI is InChI=1S/C12H11N3O2/c13-6-2-1-3-10-7-9-4-5-11(15(16)17)8-12(9)14-10/h4-5,7-8,14H,1-3H2. The Balaban J connectivity index is 2.25. The number of benzene rings is 1. The van der Waals surface area contributed by atoms with Crippen molar-refractivity contribution in [3.05, 3.63) is 40.1 Å². The highest BCUT2D eigenvalue weighted by atomic mass is 16.6. The molecule has 0 aliphatic heterocycles. The SMILES string of the molecule is N#CCCCc1cc2ccc([N+](=O)[O-])cc2[nH]1. The number of nitrogens with one attached hydrogen (secondary N) is 1. The van der Waals surface area contributed by atoms with Crippen LogP contribution in [-0.4, -0.2) is 9.91 Å². The summed E-state index contributed by atoms with van der Waals surface area (Å²) in [7, 11) is 0. The van der Waals surface area contributed by atoms with Crippen LogP contribution in [0.4, 0.5) is 5.69 Å². The van der Waals surface area contributed by atoms with E-state index in [0.717, 1.165) is 29.4 Å². The number of hydrogen-bond donors (Lipinski definition) is 1. The Morgan fingerprint density at radius 3 is 2.94 bits per heavy atom. The van der Waals surface area contributed by atoms with E-state index < -0.39 is 4.92 Å². The predicted molar refractivity (Wildman–Crippen MR) is 63.5 cm³/mol.